The molecular formula is C15H14FN3O3S. The second kappa shape index (κ2) is 7.50. The fraction of sp³-hybridized carbons (Fsp3) is 0.133. The zero-order chi connectivity index (χ0) is 16.8. The van der Waals surface area contributed by atoms with Gasteiger partial charge in [0.2, 0.25) is 0 Å². The molecule has 0 radical (unpaired) electrons. The van der Waals surface area contributed by atoms with Gasteiger partial charge in [0.15, 0.2) is 5.11 Å². The molecule has 120 valence electrons. The third-order valence-electron chi connectivity index (χ3n) is 3.01. The van der Waals surface area contributed by atoms with Crippen molar-refractivity contribution in [3.05, 3.63) is 64.0 Å². The van der Waals surface area contributed by atoms with Crippen molar-refractivity contribution in [1.29, 1.82) is 0 Å². The summed E-state index contributed by atoms with van der Waals surface area (Å²) in [6.07, 6.45) is 0. The number of thiocarbonyl (C=S) groups is 1. The molecule has 0 aliphatic heterocycles. The number of hydrogen-bond acceptors (Lipinski definition) is 4. The van der Waals surface area contributed by atoms with E-state index in [-0.39, 0.29) is 16.6 Å². The summed E-state index contributed by atoms with van der Waals surface area (Å²) in [6.45, 7) is 0.392. The van der Waals surface area contributed by atoms with E-state index in [1.165, 1.54) is 37.4 Å². The molecular weight excluding hydrogens is 321 g/mol. The largest absolute Gasteiger partial charge is 0.495 e. The molecule has 2 rings (SSSR count). The Hall–Kier alpha value is -2.74. The van der Waals surface area contributed by atoms with Gasteiger partial charge in [0.1, 0.15) is 11.6 Å². The number of rotatable bonds is 5. The third kappa shape index (κ3) is 4.62. The van der Waals surface area contributed by atoms with Crippen LogP contribution in [0.4, 0.5) is 15.8 Å². The number of halogens is 1. The molecule has 2 aromatic rings. The van der Waals surface area contributed by atoms with Crippen LogP contribution in [0.1, 0.15) is 5.56 Å². The maximum absolute atomic E-state index is 12.8. The van der Waals surface area contributed by atoms with Crippen LogP contribution >= 0.6 is 12.2 Å². The van der Waals surface area contributed by atoms with Gasteiger partial charge in [-0.1, -0.05) is 12.1 Å². The Morgan fingerprint density at radius 3 is 2.61 bits per heavy atom. The monoisotopic (exact) mass is 335 g/mol. The van der Waals surface area contributed by atoms with Crippen LogP contribution in [0.2, 0.25) is 0 Å². The maximum atomic E-state index is 12.8. The second-order valence-electron chi connectivity index (χ2n) is 4.58. The summed E-state index contributed by atoms with van der Waals surface area (Å²) >= 11 is 5.16. The molecule has 0 bridgehead atoms. The lowest BCUT2D eigenvalue weighted by Crippen LogP contribution is -2.28. The zero-order valence-electron chi connectivity index (χ0n) is 12.2. The molecule has 0 aliphatic rings. The van der Waals surface area contributed by atoms with Crippen LogP contribution in [0.25, 0.3) is 0 Å². The lowest BCUT2D eigenvalue weighted by molar-refractivity contribution is -0.384. The lowest BCUT2D eigenvalue weighted by Gasteiger charge is -2.13. The van der Waals surface area contributed by atoms with Crippen LogP contribution in [0.5, 0.6) is 5.75 Å². The number of methoxy groups -OCH3 is 1. The molecule has 0 fully saturated rings. The van der Waals surface area contributed by atoms with Crippen molar-refractivity contribution in [3.8, 4) is 5.75 Å². The Morgan fingerprint density at radius 2 is 2.00 bits per heavy atom. The Labute approximate surface area is 137 Å². The van der Waals surface area contributed by atoms with Crippen LogP contribution in [-0.4, -0.2) is 17.1 Å². The number of nitrogens with one attached hydrogen (secondary N) is 2. The van der Waals surface area contributed by atoms with Gasteiger partial charge in [-0.05, 0) is 36.0 Å². The summed E-state index contributed by atoms with van der Waals surface area (Å²) in [6, 6.07) is 10.2. The van der Waals surface area contributed by atoms with E-state index in [2.05, 4.69) is 10.6 Å². The van der Waals surface area contributed by atoms with Crippen molar-refractivity contribution in [1.82, 2.24) is 5.32 Å². The van der Waals surface area contributed by atoms with E-state index in [0.717, 1.165) is 5.56 Å². The first kappa shape index (κ1) is 16.6. The van der Waals surface area contributed by atoms with Gasteiger partial charge in [-0.25, -0.2) is 4.39 Å². The number of nitro groups is 1. The lowest BCUT2D eigenvalue weighted by atomic mass is 10.2. The van der Waals surface area contributed by atoms with Gasteiger partial charge in [-0.3, -0.25) is 10.1 Å². The normalized spacial score (nSPS) is 10.0. The summed E-state index contributed by atoms with van der Waals surface area (Å²) in [5.74, 6) is 0.123. The van der Waals surface area contributed by atoms with Crippen molar-refractivity contribution in [2.24, 2.45) is 0 Å². The Bertz CT molecular complexity index is 722. The van der Waals surface area contributed by atoms with Crippen molar-refractivity contribution in [3.63, 3.8) is 0 Å². The second-order valence-corrected chi connectivity index (χ2v) is 4.98. The smallest absolute Gasteiger partial charge is 0.271 e. The molecule has 23 heavy (non-hydrogen) atoms. The molecule has 0 spiro atoms. The quantitative estimate of drug-likeness (QED) is 0.496. The first-order valence-corrected chi connectivity index (χ1v) is 7.02. The van der Waals surface area contributed by atoms with E-state index in [4.69, 9.17) is 17.0 Å². The molecule has 0 saturated carbocycles. The highest BCUT2D eigenvalue weighted by Crippen LogP contribution is 2.28. The van der Waals surface area contributed by atoms with Crippen LogP contribution in [-0.2, 0) is 6.54 Å². The highest BCUT2D eigenvalue weighted by molar-refractivity contribution is 7.80. The van der Waals surface area contributed by atoms with Gasteiger partial charge in [0.05, 0.1) is 17.7 Å². The van der Waals surface area contributed by atoms with E-state index in [0.29, 0.717) is 18.0 Å². The predicted octanol–water partition coefficient (Wildman–Crippen LogP) is 3.23. The number of nitrogens with zero attached hydrogens (tertiary/aromatic N) is 1. The number of non-ortho nitro benzene ring substituents is 1. The topological polar surface area (TPSA) is 76.4 Å². The molecule has 2 aromatic carbocycles. The van der Waals surface area contributed by atoms with E-state index in [1.54, 1.807) is 12.1 Å². The maximum Gasteiger partial charge on any atom is 0.271 e. The Balaban J connectivity index is 2.02. The summed E-state index contributed by atoms with van der Waals surface area (Å²) < 4.78 is 18.0. The third-order valence-corrected chi connectivity index (χ3v) is 3.25. The molecule has 2 N–H and O–H groups in total. The van der Waals surface area contributed by atoms with Crippen LogP contribution in [0.3, 0.4) is 0 Å². The van der Waals surface area contributed by atoms with E-state index < -0.39 is 4.92 Å². The number of anilines is 1. The molecule has 6 nitrogen and oxygen atoms in total. The Morgan fingerprint density at radius 1 is 1.30 bits per heavy atom. The highest BCUT2D eigenvalue weighted by atomic mass is 32.1. The van der Waals surface area contributed by atoms with Gasteiger partial charge in [-0.15, -0.1) is 0 Å². The predicted molar refractivity (Wildman–Crippen MR) is 89.1 cm³/mol. The van der Waals surface area contributed by atoms with Crippen molar-refractivity contribution in [2.45, 2.75) is 6.54 Å². The summed E-state index contributed by atoms with van der Waals surface area (Å²) in [5, 5.41) is 16.9. The fourth-order valence-corrected chi connectivity index (χ4v) is 2.04. The Kier molecular flexibility index (Phi) is 5.42. The van der Waals surface area contributed by atoms with E-state index >= 15 is 0 Å². The minimum absolute atomic E-state index is 0.0744. The molecule has 0 heterocycles. The zero-order valence-corrected chi connectivity index (χ0v) is 13.0. The minimum Gasteiger partial charge on any atom is -0.495 e. The number of nitro benzene ring substituents is 1. The van der Waals surface area contributed by atoms with Gasteiger partial charge in [-0.2, -0.15) is 0 Å². The molecule has 0 atom stereocenters. The van der Waals surface area contributed by atoms with Crippen LogP contribution in [0.15, 0.2) is 42.5 Å². The number of ether oxygens (including phenoxy) is 1. The SMILES string of the molecule is COc1ccc([N+](=O)[O-])cc1NC(=S)NCc1ccc(F)cc1. The summed E-state index contributed by atoms with van der Waals surface area (Å²) in [5.41, 5.74) is 1.16. The van der Waals surface area contributed by atoms with Crippen molar-refractivity contribution in [2.75, 3.05) is 12.4 Å². The first-order valence-electron chi connectivity index (χ1n) is 6.61. The van der Waals surface area contributed by atoms with Gasteiger partial charge >= 0.3 is 0 Å². The molecule has 0 amide bonds. The van der Waals surface area contributed by atoms with Crippen molar-refractivity contribution < 1.29 is 14.1 Å². The molecule has 0 saturated heterocycles. The average Bonchev–Trinajstić information content (AvgIpc) is 2.54. The number of hydrogen-bond donors (Lipinski definition) is 2. The highest BCUT2D eigenvalue weighted by Gasteiger charge is 2.12. The summed E-state index contributed by atoms with van der Waals surface area (Å²) in [7, 11) is 1.46. The van der Waals surface area contributed by atoms with Gasteiger partial charge < -0.3 is 15.4 Å². The summed E-state index contributed by atoms with van der Waals surface area (Å²) in [4.78, 5) is 10.3. The minimum atomic E-state index is -0.500. The molecule has 0 aliphatic carbocycles. The van der Waals surface area contributed by atoms with Crippen molar-refractivity contribution >= 4 is 28.7 Å². The fourth-order valence-electron chi connectivity index (χ4n) is 1.86. The van der Waals surface area contributed by atoms with Crippen LogP contribution in [0, 0.1) is 15.9 Å². The van der Waals surface area contributed by atoms with Crippen LogP contribution < -0.4 is 15.4 Å². The van der Waals surface area contributed by atoms with Gasteiger partial charge in [0.25, 0.3) is 5.69 Å². The first-order chi connectivity index (χ1) is 11.0. The standard InChI is InChI=1S/C15H14FN3O3S/c1-22-14-7-6-12(19(20)21)8-13(14)18-15(23)17-9-10-2-4-11(16)5-3-10/h2-8H,9H2,1H3,(H2,17,18,23). The molecule has 8 heteroatoms. The average molecular weight is 335 g/mol. The molecule has 0 unspecified atom stereocenters. The number of benzene rings is 2. The van der Waals surface area contributed by atoms with E-state index in [1.807, 2.05) is 0 Å². The van der Waals surface area contributed by atoms with E-state index in [9.17, 15) is 14.5 Å². The molecule has 0 aromatic heterocycles. The van der Waals surface area contributed by atoms with Gasteiger partial charge in [0, 0.05) is 18.7 Å².